The molecule has 1 atom stereocenters. The van der Waals surface area contributed by atoms with Crippen LogP contribution >= 0.6 is 12.4 Å². The van der Waals surface area contributed by atoms with Gasteiger partial charge in [-0.1, -0.05) is 32.0 Å². The molecule has 0 bridgehead atoms. The number of halogens is 1. The van der Waals surface area contributed by atoms with Crippen molar-refractivity contribution in [2.24, 2.45) is 0 Å². The quantitative estimate of drug-likeness (QED) is 0.782. The lowest BCUT2D eigenvalue weighted by molar-refractivity contribution is 0.133. The first-order valence-electron chi connectivity index (χ1n) is 6.45. The van der Waals surface area contributed by atoms with Crippen molar-refractivity contribution in [3.63, 3.8) is 0 Å². The molecule has 6 heteroatoms. The minimum Gasteiger partial charge on any atom is -0.465 e. The lowest BCUT2D eigenvalue weighted by Gasteiger charge is -2.18. The number of anilines is 1. The Hall–Kier alpha value is -1.30. The number of nitrogens with zero attached hydrogens (tertiary/aromatic N) is 1. The van der Waals surface area contributed by atoms with Gasteiger partial charge in [0.2, 0.25) is 0 Å². The number of likely N-dealkylation sites (N-methyl/N-ethyl adjacent to an activating group) is 1. The van der Waals surface area contributed by atoms with Gasteiger partial charge in [-0.2, -0.15) is 0 Å². The highest BCUT2D eigenvalue weighted by atomic mass is 35.5. The molecule has 1 aromatic rings. The van der Waals surface area contributed by atoms with Gasteiger partial charge in [0.1, 0.15) is 0 Å². The number of nitrogens with one attached hydrogen (secondary N) is 1. The highest BCUT2D eigenvalue weighted by Gasteiger charge is 2.01. The Bertz CT molecular complexity index is 344. The van der Waals surface area contributed by atoms with Crippen LogP contribution in [0.1, 0.15) is 20.8 Å². The Balaban J connectivity index is 0. The molecule has 0 aliphatic rings. The lowest BCUT2D eigenvalue weighted by atomic mass is 10.3. The van der Waals surface area contributed by atoms with Crippen molar-refractivity contribution in [1.29, 1.82) is 0 Å². The number of benzene rings is 1. The van der Waals surface area contributed by atoms with Crippen LogP contribution in [0.2, 0.25) is 0 Å². The minimum absolute atomic E-state index is 0. The van der Waals surface area contributed by atoms with Crippen molar-refractivity contribution in [3.8, 4) is 0 Å². The van der Waals surface area contributed by atoms with Gasteiger partial charge in [0, 0.05) is 12.2 Å². The number of aliphatic hydroxyl groups is 1. The summed E-state index contributed by atoms with van der Waals surface area (Å²) in [5.74, 6) is 0. The average Bonchev–Trinajstić information content (AvgIpc) is 2.37. The average molecular weight is 305 g/mol. The fraction of sp³-hybridized carbons (Fsp3) is 0.500. The second kappa shape index (κ2) is 12.7. The summed E-state index contributed by atoms with van der Waals surface area (Å²) in [7, 11) is 0. The predicted octanol–water partition coefficient (Wildman–Crippen LogP) is 2.91. The van der Waals surface area contributed by atoms with Crippen LogP contribution in [0, 0.1) is 0 Å². The molecule has 3 N–H and O–H groups in total. The van der Waals surface area contributed by atoms with Gasteiger partial charge in [0.05, 0.1) is 6.10 Å². The maximum Gasteiger partial charge on any atom is 0.409 e. The highest BCUT2D eigenvalue weighted by Crippen LogP contribution is 2.03. The molecule has 1 aromatic carbocycles. The standard InChI is InChI=1S/C7H7NO2.C7H17NO.ClH/c9-7(10)8-6-4-2-1-3-5-6;1-4-8(5-2)6-7(3)9;/h1-5,8H,(H,9,10);7,9H,4-6H2,1-3H3;1H. The van der Waals surface area contributed by atoms with Crippen molar-refractivity contribution in [2.75, 3.05) is 25.0 Å². The molecule has 0 radical (unpaired) electrons. The molecule has 20 heavy (non-hydrogen) atoms. The Labute approximate surface area is 127 Å². The van der Waals surface area contributed by atoms with E-state index in [0.717, 1.165) is 19.6 Å². The molecule has 1 unspecified atom stereocenters. The molecule has 0 aromatic heterocycles. The third-order valence-corrected chi connectivity index (χ3v) is 2.44. The maximum absolute atomic E-state index is 10.1. The molecule has 5 nitrogen and oxygen atoms in total. The van der Waals surface area contributed by atoms with E-state index < -0.39 is 6.09 Å². The summed E-state index contributed by atoms with van der Waals surface area (Å²) in [4.78, 5) is 12.3. The fourth-order valence-electron chi connectivity index (χ4n) is 1.50. The van der Waals surface area contributed by atoms with E-state index in [1.807, 2.05) is 13.0 Å². The molecule has 0 fully saturated rings. The van der Waals surface area contributed by atoms with Crippen LogP contribution in [0.5, 0.6) is 0 Å². The summed E-state index contributed by atoms with van der Waals surface area (Å²) in [6, 6.07) is 8.74. The number of aliphatic hydroxyl groups excluding tert-OH is 1. The summed E-state index contributed by atoms with van der Waals surface area (Å²) in [5.41, 5.74) is 0.593. The molecule has 0 saturated heterocycles. The van der Waals surface area contributed by atoms with Crippen LogP contribution in [0.4, 0.5) is 10.5 Å². The lowest BCUT2D eigenvalue weighted by Crippen LogP contribution is -2.30. The van der Waals surface area contributed by atoms with Gasteiger partial charge in [-0.25, -0.2) is 4.79 Å². The number of carboxylic acid groups (broad SMARTS) is 1. The number of amides is 1. The van der Waals surface area contributed by atoms with E-state index in [0.29, 0.717) is 5.69 Å². The van der Waals surface area contributed by atoms with Crippen LogP contribution in [0.25, 0.3) is 0 Å². The number of rotatable bonds is 5. The minimum atomic E-state index is -1.04. The number of hydrogen-bond donors (Lipinski definition) is 3. The molecule has 0 aliphatic heterocycles. The van der Waals surface area contributed by atoms with Crippen LogP contribution in [-0.2, 0) is 0 Å². The van der Waals surface area contributed by atoms with E-state index >= 15 is 0 Å². The molecular formula is C14H25ClN2O3. The van der Waals surface area contributed by atoms with Crippen LogP contribution in [-0.4, -0.2) is 46.9 Å². The largest absolute Gasteiger partial charge is 0.465 e. The van der Waals surface area contributed by atoms with Crippen LogP contribution in [0.3, 0.4) is 0 Å². The maximum atomic E-state index is 10.1. The Morgan fingerprint density at radius 2 is 1.75 bits per heavy atom. The topological polar surface area (TPSA) is 72.8 Å². The van der Waals surface area contributed by atoms with Gasteiger partial charge < -0.3 is 15.1 Å². The first-order chi connectivity index (χ1) is 8.99. The molecule has 0 spiro atoms. The first-order valence-corrected chi connectivity index (χ1v) is 6.45. The van der Waals surface area contributed by atoms with Crippen LogP contribution < -0.4 is 5.32 Å². The summed E-state index contributed by atoms with van der Waals surface area (Å²) in [5, 5.41) is 19.4. The number of carbonyl (C=O) groups is 1. The number of para-hydroxylation sites is 1. The predicted molar refractivity (Wildman–Crippen MR) is 84.8 cm³/mol. The van der Waals surface area contributed by atoms with E-state index in [1.165, 1.54) is 0 Å². The van der Waals surface area contributed by atoms with E-state index in [4.69, 9.17) is 10.2 Å². The zero-order valence-corrected chi connectivity index (χ0v) is 13.1. The Morgan fingerprint density at radius 3 is 2.05 bits per heavy atom. The Morgan fingerprint density at radius 1 is 1.25 bits per heavy atom. The van der Waals surface area contributed by atoms with Gasteiger partial charge in [0.15, 0.2) is 0 Å². The van der Waals surface area contributed by atoms with E-state index in [1.54, 1.807) is 24.3 Å². The van der Waals surface area contributed by atoms with Gasteiger partial charge in [-0.05, 0) is 32.1 Å². The highest BCUT2D eigenvalue weighted by molar-refractivity contribution is 5.85. The molecule has 1 rings (SSSR count). The third-order valence-electron chi connectivity index (χ3n) is 2.44. The zero-order valence-electron chi connectivity index (χ0n) is 12.2. The number of hydrogen-bond acceptors (Lipinski definition) is 3. The van der Waals surface area contributed by atoms with Crippen molar-refractivity contribution < 1.29 is 15.0 Å². The van der Waals surface area contributed by atoms with E-state index in [-0.39, 0.29) is 18.5 Å². The van der Waals surface area contributed by atoms with Crippen molar-refractivity contribution in [2.45, 2.75) is 26.9 Å². The van der Waals surface area contributed by atoms with Crippen LogP contribution in [0.15, 0.2) is 30.3 Å². The summed E-state index contributed by atoms with van der Waals surface area (Å²) < 4.78 is 0. The molecule has 116 valence electrons. The Kier molecular flexibility index (Phi) is 13.4. The van der Waals surface area contributed by atoms with Crippen molar-refractivity contribution >= 4 is 24.2 Å². The molecular weight excluding hydrogens is 280 g/mol. The van der Waals surface area contributed by atoms with Crippen molar-refractivity contribution in [3.05, 3.63) is 30.3 Å². The first kappa shape index (κ1) is 21.0. The van der Waals surface area contributed by atoms with Gasteiger partial charge in [-0.3, -0.25) is 5.32 Å². The summed E-state index contributed by atoms with van der Waals surface area (Å²) in [6.07, 6.45) is -1.23. The third kappa shape index (κ3) is 11.8. The van der Waals surface area contributed by atoms with E-state index in [2.05, 4.69) is 24.1 Å². The fourth-order valence-corrected chi connectivity index (χ4v) is 1.50. The summed E-state index contributed by atoms with van der Waals surface area (Å²) >= 11 is 0. The monoisotopic (exact) mass is 304 g/mol. The summed E-state index contributed by atoms with van der Waals surface area (Å²) in [6.45, 7) is 8.88. The molecule has 0 heterocycles. The van der Waals surface area contributed by atoms with Gasteiger partial charge in [-0.15, -0.1) is 12.4 Å². The smallest absolute Gasteiger partial charge is 0.409 e. The second-order valence-electron chi connectivity index (χ2n) is 4.13. The van der Waals surface area contributed by atoms with Gasteiger partial charge >= 0.3 is 6.09 Å². The molecule has 0 aliphatic carbocycles. The van der Waals surface area contributed by atoms with Crippen molar-refractivity contribution in [1.82, 2.24) is 4.90 Å². The molecule has 1 amide bonds. The van der Waals surface area contributed by atoms with Gasteiger partial charge in [0.25, 0.3) is 0 Å². The zero-order chi connectivity index (χ0) is 14.7. The SMILES string of the molecule is CCN(CC)CC(C)O.Cl.O=C(O)Nc1ccccc1. The second-order valence-corrected chi connectivity index (χ2v) is 4.13. The normalized spacial score (nSPS) is 10.8. The van der Waals surface area contributed by atoms with E-state index in [9.17, 15) is 4.79 Å². The molecule has 0 saturated carbocycles.